The molecule has 0 spiro atoms. The van der Waals surface area contributed by atoms with Gasteiger partial charge in [0, 0.05) is 37.7 Å². The van der Waals surface area contributed by atoms with Gasteiger partial charge in [0.1, 0.15) is 5.54 Å². The Morgan fingerprint density at radius 1 is 1.29 bits per heavy atom. The highest BCUT2D eigenvalue weighted by Crippen LogP contribution is 2.29. The fourth-order valence-corrected chi connectivity index (χ4v) is 3.87. The molecule has 2 fully saturated rings. The summed E-state index contributed by atoms with van der Waals surface area (Å²) in [6, 6.07) is 1.89. The molecule has 0 aromatic carbocycles. The van der Waals surface area contributed by atoms with Crippen molar-refractivity contribution in [3.63, 3.8) is 0 Å². The number of piperidine rings is 1. The van der Waals surface area contributed by atoms with Crippen molar-refractivity contribution < 1.29 is 9.53 Å². The van der Waals surface area contributed by atoms with Crippen LogP contribution in [0, 0.1) is 0 Å². The smallest absolute Gasteiger partial charge is 0.248 e. The van der Waals surface area contributed by atoms with E-state index in [2.05, 4.69) is 34.7 Å². The highest BCUT2D eigenvalue weighted by molar-refractivity contribution is 5.84. The normalized spacial score (nSPS) is 23.1. The Morgan fingerprint density at radius 3 is 2.58 bits per heavy atom. The first-order valence-corrected chi connectivity index (χ1v) is 8.83. The number of aromatic nitrogens is 2. The van der Waals surface area contributed by atoms with Crippen molar-refractivity contribution in [1.29, 1.82) is 0 Å². The fourth-order valence-electron chi connectivity index (χ4n) is 3.87. The molecule has 134 valence electrons. The van der Waals surface area contributed by atoms with Crippen LogP contribution in [0.25, 0.3) is 0 Å². The molecular formula is C17H29N5O2. The third kappa shape index (κ3) is 3.20. The maximum atomic E-state index is 13.2. The lowest BCUT2D eigenvalue weighted by atomic mass is 9.85. The highest BCUT2D eigenvalue weighted by Gasteiger charge is 2.43. The molecule has 2 N–H and O–H groups in total. The zero-order valence-electron chi connectivity index (χ0n) is 14.8. The van der Waals surface area contributed by atoms with Crippen molar-refractivity contribution >= 4 is 5.91 Å². The van der Waals surface area contributed by atoms with Gasteiger partial charge in [0.05, 0.1) is 0 Å². The largest absolute Gasteiger partial charge is 0.381 e. The summed E-state index contributed by atoms with van der Waals surface area (Å²) in [5.41, 5.74) is -0.598. The average Bonchev–Trinajstić information content (AvgIpc) is 3.16. The molecule has 0 unspecified atom stereocenters. The summed E-state index contributed by atoms with van der Waals surface area (Å²) in [6.45, 7) is 3.82. The van der Waals surface area contributed by atoms with Gasteiger partial charge >= 0.3 is 0 Å². The maximum absolute atomic E-state index is 13.2. The van der Waals surface area contributed by atoms with Gasteiger partial charge in [-0.25, -0.2) is 0 Å². The molecule has 2 saturated heterocycles. The van der Waals surface area contributed by atoms with Crippen LogP contribution in [0.4, 0.5) is 0 Å². The lowest BCUT2D eigenvalue weighted by molar-refractivity contribution is -0.133. The predicted octanol–water partition coefficient (Wildman–Crippen LogP) is 0.189. The summed E-state index contributed by atoms with van der Waals surface area (Å²) in [6.07, 6.45) is 7.06. The van der Waals surface area contributed by atoms with Gasteiger partial charge in [0.15, 0.2) is 0 Å². The molecule has 3 heterocycles. The highest BCUT2D eigenvalue weighted by atomic mass is 16.5. The van der Waals surface area contributed by atoms with Gasteiger partial charge in [-0.15, -0.1) is 0 Å². The van der Waals surface area contributed by atoms with Crippen molar-refractivity contribution in [3.05, 3.63) is 18.5 Å². The first-order chi connectivity index (χ1) is 11.6. The summed E-state index contributed by atoms with van der Waals surface area (Å²) >= 11 is 0. The molecule has 0 radical (unpaired) electrons. The number of hydrogen-bond donors (Lipinski definition) is 2. The Hall–Kier alpha value is -1.44. The molecular weight excluding hydrogens is 306 g/mol. The lowest BCUT2D eigenvalue weighted by Gasteiger charge is -2.44. The van der Waals surface area contributed by atoms with E-state index in [9.17, 15) is 4.79 Å². The molecule has 24 heavy (non-hydrogen) atoms. The summed E-state index contributed by atoms with van der Waals surface area (Å²) in [5.74, 6) is 0.0837. The molecule has 0 aliphatic carbocycles. The zero-order valence-corrected chi connectivity index (χ0v) is 14.8. The number of likely N-dealkylation sites (N-methyl/N-ethyl adjacent to an activating group) is 1. The number of carbonyl (C=O) groups excluding carboxylic acids is 1. The standard InChI is InChI=1S/C17H29N5O2/c1-21(2)16(6-12-24-13-7-16)14-19-15(23)17(4-9-18-10-5-17)22-11-3-8-20-22/h3,8,11,18H,4-7,9-10,12-14H2,1-2H3,(H,19,23). The van der Waals surface area contributed by atoms with Crippen LogP contribution in [0.15, 0.2) is 18.5 Å². The third-order valence-electron chi connectivity index (χ3n) is 5.75. The molecule has 3 rings (SSSR count). The summed E-state index contributed by atoms with van der Waals surface area (Å²) in [5, 5.41) is 11.0. The molecule has 2 aliphatic rings. The van der Waals surface area contributed by atoms with Gasteiger partial charge in [-0.1, -0.05) is 0 Å². The monoisotopic (exact) mass is 335 g/mol. The van der Waals surface area contributed by atoms with E-state index < -0.39 is 5.54 Å². The molecule has 0 bridgehead atoms. The molecule has 7 nitrogen and oxygen atoms in total. The number of ether oxygens (including phenoxy) is 1. The van der Waals surface area contributed by atoms with Gasteiger partial charge in [0.2, 0.25) is 5.91 Å². The van der Waals surface area contributed by atoms with Gasteiger partial charge in [0.25, 0.3) is 0 Å². The van der Waals surface area contributed by atoms with Crippen LogP contribution in [0.1, 0.15) is 25.7 Å². The van der Waals surface area contributed by atoms with E-state index in [0.717, 1.165) is 52.0 Å². The van der Waals surface area contributed by atoms with E-state index in [1.54, 1.807) is 6.20 Å². The Labute approximate surface area is 143 Å². The van der Waals surface area contributed by atoms with E-state index in [1.165, 1.54) is 0 Å². The van der Waals surface area contributed by atoms with Crippen molar-refractivity contribution in [2.24, 2.45) is 0 Å². The van der Waals surface area contributed by atoms with Crippen LogP contribution in [-0.4, -0.2) is 73.1 Å². The average molecular weight is 335 g/mol. The molecule has 1 aromatic heterocycles. The first-order valence-electron chi connectivity index (χ1n) is 8.83. The first kappa shape index (κ1) is 17.4. The number of carbonyl (C=O) groups is 1. The van der Waals surface area contributed by atoms with E-state index in [4.69, 9.17) is 4.74 Å². The Kier molecular flexibility index (Phi) is 5.22. The predicted molar refractivity (Wildman–Crippen MR) is 91.8 cm³/mol. The topological polar surface area (TPSA) is 71.4 Å². The molecule has 0 saturated carbocycles. The quantitative estimate of drug-likeness (QED) is 0.804. The van der Waals surface area contributed by atoms with Crippen LogP contribution < -0.4 is 10.6 Å². The van der Waals surface area contributed by atoms with Crippen molar-refractivity contribution in [2.75, 3.05) is 46.9 Å². The van der Waals surface area contributed by atoms with E-state index in [1.807, 2.05) is 16.9 Å². The number of amides is 1. The minimum Gasteiger partial charge on any atom is -0.381 e. The minimum atomic E-state index is -0.576. The van der Waals surface area contributed by atoms with Crippen LogP contribution in [-0.2, 0) is 15.1 Å². The van der Waals surface area contributed by atoms with E-state index in [-0.39, 0.29) is 11.4 Å². The number of nitrogens with one attached hydrogen (secondary N) is 2. The fraction of sp³-hybridized carbons (Fsp3) is 0.765. The van der Waals surface area contributed by atoms with Crippen LogP contribution in [0.3, 0.4) is 0 Å². The third-order valence-corrected chi connectivity index (χ3v) is 5.75. The molecule has 2 aliphatic heterocycles. The maximum Gasteiger partial charge on any atom is 0.248 e. The zero-order chi connectivity index (χ0) is 17.0. The van der Waals surface area contributed by atoms with E-state index in [0.29, 0.717) is 6.54 Å². The van der Waals surface area contributed by atoms with Gasteiger partial charge in [-0.3, -0.25) is 9.48 Å². The summed E-state index contributed by atoms with van der Waals surface area (Å²) in [4.78, 5) is 15.4. The number of rotatable bonds is 5. The van der Waals surface area contributed by atoms with Crippen LogP contribution in [0.5, 0.6) is 0 Å². The van der Waals surface area contributed by atoms with Gasteiger partial charge in [-0.2, -0.15) is 5.10 Å². The van der Waals surface area contributed by atoms with Crippen LogP contribution in [0.2, 0.25) is 0 Å². The van der Waals surface area contributed by atoms with Gasteiger partial charge in [-0.05, 0) is 58.9 Å². The molecule has 1 aromatic rings. The molecule has 1 amide bonds. The summed E-state index contributed by atoms with van der Waals surface area (Å²) in [7, 11) is 4.18. The van der Waals surface area contributed by atoms with Crippen molar-refractivity contribution in [1.82, 2.24) is 25.3 Å². The molecule has 0 atom stereocenters. The van der Waals surface area contributed by atoms with Crippen molar-refractivity contribution in [2.45, 2.75) is 36.8 Å². The second kappa shape index (κ2) is 7.21. The number of nitrogens with zero attached hydrogens (tertiary/aromatic N) is 3. The van der Waals surface area contributed by atoms with E-state index >= 15 is 0 Å². The number of hydrogen-bond acceptors (Lipinski definition) is 5. The second-order valence-corrected chi connectivity index (χ2v) is 7.15. The van der Waals surface area contributed by atoms with Crippen molar-refractivity contribution in [3.8, 4) is 0 Å². The van der Waals surface area contributed by atoms with Gasteiger partial charge < -0.3 is 20.3 Å². The summed E-state index contributed by atoms with van der Waals surface area (Å²) < 4.78 is 7.36. The Morgan fingerprint density at radius 2 is 2.00 bits per heavy atom. The second-order valence-electron chi connectivity index (χ2n) is 7.15. The van der Waals surface area contributed by atoms with Crippen LogP contribution >= 0.6 is 0 Å². The lowest BCUT2D eigenvalue weighted by Crippen LogP contribution is -2.60. The Bertz CT molecular complexity index is 531. The molecule has 7 heteroatoms. The SMILES string of the molecule is CN(C)C1(CNC(=O)C2(n3cccn3)CCNCC2)CCOCC1. The minimum absolute atomic E-state index is 0.0217. The Balaban J connectivity index is 1.74.